The van der Waals surface area contributed by atoms with Gasteiger partial charge in [-0.25, -0.2) is 0 Å². The lowest BCUT2D eigenvalue weighted by molar-refractivity contribution is 0.480. The minimum atomic E-state index is -2.21. The van der Waals surface area contributed by atoms with Crippen LogP contribution in [0.5, 0.6) is 0 Å². The summed E-state index contributed by atoms with van der Waals surface area (Å²) in [4.78, 5) is 0. The first-order valence-corrected chi connectivity index (χ1v) is 4.58. The summed E-state index contributed by atoms with van der Waals surface area (Å²) in [6, 6.07) is 0. The van der Waals surface area contributed by atoms with Gasteiger partial charge in [0.25, 0.3) is 0 Å². The summed E-state index contributed by atoms with van der Waals surface area (Å²) >= 11 is 0. The standard InChI is InChI=1S/C5H11O2S/c6-8(7)4-2-1-3-5-8/h4,6-7H,1-3,5H2. The monoisotopic (exact) mass is 135 g/mol. The Hall–Kier alpha value is 0.270. The number of rotatable bonds is 0. The second-order valence-corrected chi connectivity index (χ2v) is 4.26. The fourth-order valence-corrected chi connectivity index (χ4v) is 2.15. The zero-order valence-corrected chi connectivity index (χ0v) is 5.52. The fraction of sp³-hybridized carbons (Fsp3) is 0.800. The van der Waals surface area contributed by atoms with Gasteiger partial charge in [-0.1, -0.05) is 0 Å². The van der Waals surface area contributed by atoms with Crippen LogP contribution in [0, 0.1) is 5.75 Å². The van der Waals surface area contributed by atoms with Crippen molar-refractivity contribution in [1.82, 2.24) is 0 Å². The average Bonchev–Trinajstić information content (AvgIpc) is 1.65. The van der Waals surface area contributed by atoms with Crippen molar-refractivity contribution in [2.75, 3.05) is 5.75 Å². The average molecular weight is 135 g/mol. The molecule has 0 saturated carbocycles. The van der Waals surface area contributed by atoms with E-state index >= 15 is 0 Å². The van der Waals surface area contributed by atoms with Crippen LogP contribution in [0.15, 0.2) is 0 Å². The van der Waals surface area contributed by atoms with Crippen molar-refractivity contribution in [3.05, 3.63) is 5.75 Å². The van der Waals surface area contributed by atoms with E-state index in [-0.39, 0.29) is 0 Å². The van der Waals surface area contributed by atoms with Crippen LogP contribution in [0.4, 0.5) is 0 Å². The van der Waals surface area contributed by atoms with Crippen LogP contribution in [-0.4, -0.2) is 14.9 Å². The van der Waals surface area contributed by atoms with E-state index in [1.807, 2.05) is 0 Å². The maximum Gasteiger partial charge on any atom is 0.0686 e. The van der Waals surface area contributed by atoms with E-state index in [9.17, 15) is 0 Å². The van der Waals surface area contributed by atoms with E-state index in [1.165, 1.54) is 0 Å². The molecule has 49 valence electrons. The lowest BCUT2D eigenvalue weighted by Gasteiger charge is -2.34. The molecule has 1 rings (SSSR count). The second-order valence-electron chi connectivity index (χ2n) is 2.08. The highest BCUT2D eigenvalue weighted by molar-refractivity contribution is 8.26. The predicted octanol–water partition coefficient (Wildman–Crippen LogP) is 2.08. The van der Waals surface area contributed by atoms with Crippen molar-refractivity contribution in [3.63, 3.8) is 0 Å². The Labute approximate surface area is 51.3 Å². The van der Waals surface area contributed by atoms with Gasteiger partial charge < -0.3 is 0 Å². The highest BCUT2D eigenvalue weighted by atomic mass is 32.3. The molecule has 3 heteroatoms. The van der Waals surface area contributed by atoms with Crippen LogP contribution < -0.4 is 0 Å². The third-order valence-electron chi connectivity index (χ3n) is 1.28. The van der Waals surface area contributed by atoms with Gasteiger partial charge in [0.05, 0.1) is 5.75 Å². The molecule has 0 atom stereocenters. The Morgan fingerprint density at radius 2 is 2.00 bits per heavy atom. The Bertz CT molecular complexity index is 74.5. The highest BCUT2D eigenvalue weighted by Crippen LogP contribution is 2.47. The molecule has 2 nitrogen and oxygen atoms in total. The SMILES string of the molecule is OS1(O)[CH]CCCC1. The first-order chi connectivity index (χ1) is 3.71. The molecule has 1 heterocycles. The summed E-state index contributed by atoms with van der Waals surface area (Å²) in [6.45, 7) is 0. The molecule has 8 heavy (non-hydrogen) atoms. The van der Waals surface area contributed by atoms with E-state index in [0.717, 1.165) is 19.3 Å². The molecule has 0 aliphatic carbocycles. The Morgan fingerprint density at radius 1 is 1.25 bits per heavy atom. The van der Waals surface area contributed by atoms with Crippen molar-refractivity contribution in [2.45, 2.75) is 19.3 Å². The predicted molar refractivity (Wildman–Crippen MR) is 35.9 cm³/mol. The molecule has 0 aromatic carbocycles. The van der Waals surface area contributed by atoms with E-state index in [1.54, 1.807) is 5.75 Å². The molecular weight excluding hydrogens is 124 g/mol. The van der Waals surface area contributed by atoms with Gasteiger partial charge in [-0.05, 0) is 19.3 Å². The maximum absolute atomic E-state index is 8.96. The van der Waals surface area contributed by atoms with Gasteiger partial charge in [-0.2, -0.15) is 10.6 Å². The third kappa shape index (κ3) is 1.65. The van der Waals surface area contributed by atoms with Gasteiger partial charge in [0.1, 0.15) is 0 Å². The molecule has 0 amide bonds. The van der Waals surface area contributed by atoms with Crippen molar-refractivity contribution >= 4 is 10.6 Å². The van der Waals surface area contributed by atoms with Crippen LogP contribution in [-0.2, 0) is 0 Å². The summed E-state index contributed by atoms with van der Waals surface area (Å²) in [5, 5.41) is 0. The van der Waals surface area contributed by atoms with Crippen LogP contribution in [0.2, 0.25) is 0 Å². The zero-order valence-electron chi connectivity index (χ0n) is 4.71. The summed E-state index contributed by atoms with van der Waals surface area (Å²) in [5.41, 5.74) is 0. The summed E-state index contributed by atoms with van der Waals surface area (Å²) in [7, 11) is -2.21. The minimum Gasteiger partial charge on any atom is -0.299 e. The van der Waals surface area contributed by atoms with E-state index in [0.29, 0.717) is 5.75 Å². The van der Waals surface area contributed by atoms with E-state index in [4.69, 9.17) is 9.11 Å². The Kier molecular flexibility index (Phi) is 1.80. The van der Waals surface area contributed by atoms with Gasteiger partial charge in [0, 0.05) is 5.75 Å². The van der Waals surface area contributed by atoms with Gasteiger partial charge in [-0.3, -0.25) is 9.11 Å². The van der Waals surface area contributed by atoms with Gasteiger partial charge in [0.2, 0.25) is 0 Å². The quantitative estimate of drug-likeness (QED) is 0.534. The number of hydrogen-bond acceptors (Lipinski definition) is 2. The van der Waals surface area contributed by atoms with E-state index < -0.39 is 10.6 Å². The fourth-order valence-electron chi connectivity index (χ4n) is 0.814. The zero-order chi connectivity index (χ0) is 6.04. The molecule has 0 aromatic heterocycles. The van der Waals surface area contributed by atoms with Crippen molar-refractivity contribution in [3.8, 4) is 0 Å². The Morgan fingerprint density at radius 3 is 2.25 bits per heavy atom. The molecule has 1 saturated heterocycles. The smallest absolute Gasteiger partial charge is 0.0686 e. The number of hydrogen-bond donors (Lipinski definition) is 2. The molecule has 0 unspecified atom stereocenters. The molecule has 1 aliphatic rings. The highest BCUT2D eigenvalue weighted by Gasteiger charge is 2.15. The second kappa shape index (κ2) is 2.25. The topological polar surface area (TPSA) is 40.5 Å². The summed E-state index contributed by atoms with van der Waals surface area (Å²) < 4.78 is 17.9. The van der Waals surface area contributed by atoms with Crippen molar-refractivity contribution in [1.29, 1.82) is 0 Å². The molecule has 0 bridgehead atoms. The lowest BCUT2D eigenvalue weighted by Crippen LogP contribution is -2.08. The summed E-state index contributed by atoms with van der Waals surface area (Å²) in [5.74, 6) is 2.24. The van der Waals surface area contributed by atoms with Crippen LogP contribution >= 0.6 is 10.6 Å². The van der Waals surface area contributed by atoms with Gasteiger partial charge >= 0.3 is 0 Å². The normalized spacial score (nSPS) is 31.8. The van der Waals surface area contributed by atoms with Crippen LogP contribution in [0.25, 0.3) is 0 Å². The first kappa shape index (κ1) is 6.39. The maximum atomic E-state index is 8.96. The first-order valence-electron chi connectivity index (χ1n) is 2.80. The van der Waals surface area contributed by atoms with Gasteiger partial charge in [-0.15, -0.1) is 0 Å². The lowest BCUT2D eigenvalue weighted by atomic mass is 10.3. The van der Waals surface area contributed by atoms with Crippen molar-refractivity contribution in [2.24, 2.45) is 0 Å². The van der Waals surface area contributed by atoms with Crippen LogP contribution in [0.1, 0.15) is 19.3 Å². The molecule has 0 aromatic rings. The Balaban J connectivity index is 2.33. The van der Waals surface area contributed by atoms with Crippen LogP contribution in [0.3, 0.4) is 0 Å². The third-order valence-corrected chi connectivity index (χ3v) is 2.94. The summed E-state index contributed by atoms with van der Waals surface area (Å²) in [6.07, 6.45) is 2.97. The molecule has 1 radical (unpaired) electrons. The van der Waals surface area contributed by atoms with Gasteiger partial charge in [0.15, 0.2) is 0 Å². The largest absolute Gasteiger partial charge is 0.299 e. The molecule has 1 aliphatic heterocycles. The molecule has 2 N–H and O–H groups in total. The molecule has 1 fully saturated rings. The van der Waals surface area contributed by atoms with E-state index in [2.05, 4.69) is 0 Å². The van der Waals surface area contributed by atoms with Crippen molar-refractivity contribution < 1.29 is 9.11 Å². The molecule has 0 spiro atoms. The minimum absolute atomic E-state index is 0.590. The molecular formula is C5H11O2S.